The average Bonchev–Trinajstić information content (AvgIpc) is 3.16. The number of allylic oxidation sites excluding steroid dienone is 1. The normalized spacial score (nSPS) is 13.4. The van der Waals surface area contributed by atoms with Crippen molar-refractivity contribution in [2.75, 3.05) is 22.9 Å². The van der Waals surface area contributed by atoms with Crippen LogP contribution in [0.4, 0.5) is 17.3 Å². The van der Waals surface area contributed by atoms with Crippen molar-refractivity contribution in [3.63, 3.8) is 0 Å². The smallest absolute Gasteiger partial charge is 0.219 e. The third kappa shape index (κ3) is 4.64. The van der Waals surface area contributed by atoms with Crippen LogP contribution in [0, 0.1) is 0 Å². The topological polar surface area (TPSA) is 124 Å². The van der Waals surface area contributed by atoms with Gasteiger partial charge in [0, 0.05) is 17.9 Å². The van der Waals surface area contributed by atoms with E-state index in [1.807, 2.05) is 17.9 Å². The average molecular weight is 413 g/mol. The fourth-order valence-electron chi connectivity index (χ4n) is 3.56. The van der Waals surface area contributed by atoms with Crippen molar-refractivity contribution >= 4 is 35.0 Å². The molecule has 29 heavy (non-hydrogen) atoms. The first-order chi connectivity index (χ1) is 13.9. The lowest BCUT2D eigenvalue weighted by Gasteiger charge is -2.27. The van der Waals surface area contributed by atoms with Crippen molar-refractivity contribution in [3.8, 4) is 0 Å². The van der Waals surface area contributed by atoms with Gasteiger partial charge >= 0.3 is 0 Å². The molecular weight excluding hydrogens is 384 g/mol. The summed E-state index contributed by atoms with van der Waals surface area (Å²) in [6, 6.07) is 4.64. The van der Waals surface area contributed by atoms with E-state index in [1.165, 1.54) is 34.3 Å². The first-order valence-corrected chi connectivity index (χ1v) is 10.7. The lowest BCUT2D eigenvalue weighted by molar-refractivity contribution is -0.117. The minimum atomic E-state index is -0.386. The predicted molar refractivity (Wildman–Crippen MR) is 119 cm³/mol. The maximum atomic E-state index is 11.5. The number of hydrogen-bond acceptors (Lipinski definition) is 7. The number of nitrogen functional groups attached to an aromatic ring is 2. The number of nitrogens with two attached hydrogens (primary N) is 3. The zero-order chi connectivity index (χ0) is 21.0. The van der Waals surface area contributed by atoms with Crippen LogP contribution in [-0.4, -0.2) is 22.4 Å². The molecule has 8 heteroatoms. The molecule has 0 radical (unpaired) electrons. The van der Waals surface area contributed by atoms with Crippen LogP contribution in [0.15, 0.2) is 34.5 Å². The molecule has 0 saturated carbocycles. The molecular formula is C21H28N6OS. The Kier molecular flexibility index (Phi) is 6.64. The first kappa shape index (κ1) is 21.0. The van der Waals surface area contributed by atoms with Crippen LogP contribution in [0.1, 0.15) is 43.4 Å². The predicted octanol–water partition coefficient (Wildman–Crippen LogP) is 3.03. The first-order valence-electron chi connectivity index (χ1n) is 9.85. The van der Waals surface area contributed by atoms with Crippen molar-refractivity contribution in [3.05, 3.63) is 46.3 Å². The standard InChI is InChI=1S/C21H28N6OS/c1-3-13-10-14-6-5-7-15(14)11-16(13)29-18(4-2)27(9-8-17(22)28)21-19(23)20(24)25-12-26-21/h4,10-12H,3,5-9,23H2,1-2H3,(H2,22,28)(H2,24,25,26). The minimum Gasteiger partial charge on any atom is -0.393 e. The minimum absolute atomic E-state index is 0.173. The molecule has 1 heterocycles. The van der Waals surface area contributed by atoms with E-state index < -0.39 is 0 Å². The molecule has 0 aliphatic heterocycles. The zero-order valence-electron chi connectivity index (χ0n) is 16.9. The number of fused-ring (bicyclic) bond motifs is 1. The molecule has 0 bridgehead atoms. The number of hydrogen-bond donors (Lipinski definition) is 3. The van der Waals surface area contributed by atoms with Crippen LogP contribution >= 0.6 is 11.8 Å². The molecule has 6 N–H and O–H groups in total. The Bertz CT molecular complexity index is 943. The monoisotopic (exact) mass is 412 g/mol. The van der Waals surface area contributed by atoms with Gasteiger partial charge in [-0.3, -0.25) is 4.79 Å². The number of anilines is 3. The Hall–Kier alpha value is -2.74. The molecule has 0 spiro atoms. The SMILES string of the molecule is CC=C(Sc1cc2c(cc1CC)CCC2)N(CCC(N)=O)c1ncnc(N)c1N. The molecule has 1 aromatic heterocycles. The fourth-order valence-corrected chi connectivity index (χ4v) is 4.73. The number of amides is 1. The highest BCUT2D eigenvalue weighted by Crippen LogP contribution is 2.39. The molecule has 1 aliphatic rings. The second kappa shape index (κ2) is 9.17. The largest absolute Gasteiger partial charge is 0.393 e. The summed E-state index contributed by atoms with van der Waals surface area (Å²) >= 11 is 1.65. The molecule has 7 nitrogen and oxygen atoms in total. The van der Waals surface area contributed by atoms with Crippen molar-refractivity contribution in [1.82, 2.24) is 9.97 Å². The summed E-state index contributed by atoms with van der Waals surface area (Å²) in [6.45, 7) is 4.48. The van der Waals surface area contributed by atoms with E-state index in [0.717, 1.165) is 24.3 Å². The van der Waals surface area contributed by atoms with Crippen LogP contribution < -0.4 is 22.1 Å². The third-order valence-corrected chi connectivity index (χ3v) is 6.38. The van der Waals surface area contributed by atoms with Gasteiger partial charge in [-0.05, 0) is 55.4 Å². The number of carbonyl (C=O) groups is 1. The third-order valence-electron chi connectivity index (χ3n) is 5.11. The van der Waals surface area contributed by atoms with Gasteiger partial charge in [-0.2, -0.15) is 0 Å². The number of thioether (sulfide) groups is 1. The summed E-state index contributed by atoms with van der Waals surface area (Å²) in [4.78, 5) is 22.9. The van der Waals surface area contributed by atoms with Crippen molar-refractivity contribution in [2.24, 2.45) is 5.73 Å². The van der Waals surface area contributed by atoms with Crippen LogP contribution in [0.5, 0.6) is 0 Å². The highest BCUT2D eigenvalue weighted by atomic mass is 32.2. The molecule has 1 aliphatic carbocycles. The van der Waals surface area contributed by atoms with Crippen LogP contribution in [-0.2, 0) is 24.1 Å². The van der Waals surface area contributed by atoms with Gasteiger partial charge in [0.15, 0.2) is 11.6 Å². The van der Waals surface area contributed by atoms with Crippen LogP contribution in [0.2, 0.25) is 0 Å². The Morgan fingerprint density at radius 3 is 2.62 bits per heavy atom. The zero-order valence-corrected chi connectivity index (χ0v) is 17.8. The summed E-state index contributed by atoms with van der Waals surface area (Å²) in [5, 5.41) is 0.920. The summed E-state index contributed by atoms with van der Waals surface area (Å²) in [7, 11) is 0. The summed E-state index contributed by atoms with van der Waals surface area (Å²) in [6.07, 6.45) is 8.00. The van der Waals surface area contributed by atoms with Gasteiger partial charge in [-0.25, -0.2) is 9.97 Å². The molecule has 1 amide bonds. The molecule has 0 fully saturated rings. The molecule has 0 saturated heterocycles. The molecule has 3 rings (SSSR count). The lowest BCUT2D eigenvalue weighted by atomic mass is 10.0. The number of rotatable bonds is 8. The Balaban J connectivity index is 1.98. The number of primary amides is 1. The van der Waals surface area contributed by atoms with Gasteiger partial charge in [0.2, 0.25) is 5.91 Å². The quantitative estimate of drug-likeness (QED) is 0.569. The summed E-state index contributed by atoms with van der Waals surface area (Å²) < 4.78 is 0. The van der Waals surface area contributed by atoms with E-state index in [4.69, 9.17) is 17.2 Å². The molecule has 0 unspecified atom stereocenters. The Morgan fingerprint density at radius 2 is 1.97 bits per heavy atom. The van der Waals surface area contributed by atoms with E-state index in [1.54, 1.807) is 11.8 Å². The van der Waals surface area contributed by atoms with Crippen molar-refractivity contribution in [1.29, 1.82) is 0 Å². The number of aryl methyl sites for hydroxylation is 3. The molecule has 0 atom stereocenters. The van der Waals surface area contributed by atoms with Crippen molar-refractivity contribution in [2.45, 2.75) is 50.8 Å². The fraction of sp³-hybridized carbons (Fsp3) is 0.381. The van der Waals surface area contributed by atoms with E-state index in [-0.39, 0.29) is 18.1 Å². The van der Waals surface area contributed by atoms with Crippen LogP contribution in [0.3, 0.4) is 0 Å². The second-order valence-corrected chi connectivity index (χ2v) is 8.09. The van der Waals surface area contributed by atoms with Gasteiger partial charge in [0.1, 0.15) is 12.0 Å². The number of nitrogens with zero attached hydrogens (tertiary/aromatic N) is 3. The highest BCUT2D eigenvalue weighted by Gasteiger charge is 2.21. The summed E-state index contributed by atoms with van der Waals surface area (Å²) in [5.74, 6) is 0.313. The molecule has 154 valence electrons. The van der Waals surface area contributed by atoms with Gasteiger partial charge in [-0.1, -0.05) is 30.8 Å². The Morgan fingerprint density at radius 1 is 1.24 bits per heavy atom. The maximum Gasteiger partial charge on any atom is 0.219 e. The number of benzene rings is 1. The maximum absolute atomic E-state index is 11.5. The van der Waals surface area contributed by atoms with E-state index in [9.17, 15) is 4.79 Å². The molecule has 1 aromatic carbocycles. The second-order valence-electron chi connectivity index (χ2n) is 7.03. The summed E-state index contributed by atoms with van der Waals surface area (Å²) in [5.41, 5.74) is 22.0. The van der Waals surface area contributed by atoms with Gasteiger partial charge in [0.25, 0.3) is 0 Å². The van der Waals surface area contributed by atoms with Gasteiger partial charge in [-0.15, -0.1) is 0 Å². The van der Waals surface area contributed by atoms with E-state index in [2.05, 4.69) is 29.0 Å². The van der Waals surface area contributed by atoms with E-state index in [0.29, 0.717) is 18.1 Å². The van der Waals surface area contributed by atoms with E-state index >= 15 is 0 Å². The molecule has 2 aromatic rings. The van der Waals surface area contributed by atoms with Crippen LogP contribution in [0.25, 0.3) is 0 Å². The lowest BCUT2D eigenvalue weighted by Crippen LogP contribution is -2.28. The van der Waals surface area contributed by atoms with Gasteiger partial charge < -0.3 is 22.1 Å². The van der Waals surface area contributed by atoms with Crippen molar-refractivity contribution < 1.29 is 4.79 Å². The number of carbonyl (C=O) groups excluding carboxylic acids is 1. The van der Waals surface area contributed by atoms with Gasteiger partial charge in [0.05, 0.1) is 5.03 Å². The highest BCUT2D eigenvalue weighted by molar-refractivity contribution is 8.03. The Labute approximate surface area is 175 Å². The number of aromatic nitrogens is 2.